The molecule has 5 heterocycles. The maximum Gasteiger partial charge on any atom is 0.273 e. The zero-order valence-electron chi connectivity index (χ0n) is 22.9. The van der Waals surface area contributed by atoms with Crippen LogP contribution in [0.3, 0.4) is 0 Å². The fourth-order valence-electron chi connectivity index (χ4n) is 6.27. The van der Waals surface area contributed by atoms with Crippen LogP contribution < -0.4 is 9.13 Å². The van der Waals surface area contributed by atoms with E-state index in [0.29, 0.717) is 0 Å². The van der Waals surface area contributed by atoms with Crippen LogP contribution in [0.15, 0.2) is 97.1 Å². The van der Waals surface area contributed by atoms with Crippen LogP contribution in [0.1, 0.15) is 0 Å². The molecule has 0 amide bonds. The summed E-state index contributed by atoms with van der Waals surface area (Å²) in [6.07, 6.45) is 0. The first kappa shape index (κ1) is 23.0. The van der Waals surface area contributed by atoms with E-state index in [1.54, 1.807) is 0 Å². The minimum Gasteiger partial charge on any atom is -0.296 e. The Balaban J connectivity index is 1.55. The second-order valence-electron chi connectivity index (χ2n) is 10.7. The summed E-state index contributed by atoms with van der Waals surface area (Å²) >= 11 is 0. The van der Waals surface area contributed by atoms with Crippen molar-refractivity contribution >= 4 is 44.1 Å². The van der Waals surface area contributed by atoms with Crippen molar-refractivity contribution in [3.63, 3.8) is 0 Å². The Labute approximate surface area is 239 Å². The highest BCUT2D eigenvalue weighted by molar-refractivity contribution is 6.06. The quantitative estimate of drug-likeness (QED) is 0.239. The summed E-state index contributed by atoms with van der Waals surface area (Å²) in [6, 6.07) is 33.1. The summed E-state index contributed by atoms with van der Waals surface area (Å²) in [6.45, 7) is 0. The summed E-state index contributed by atoms with van der Waals surface area (Å²) < 4.78 is 4.12. The first-order chi connectivity index (χ1) is 20.7. The predicted octanol–water partition coefficient (Wildman–Crippen LogP) is 5.73. The van der Waals surface area contributed by atoms with E-state index in [-0.39, 0.29) is 0 Å². The molecule has 0 atom stereocenters. The topological polar surface area (TPSA) is 90.9 Å². The highest BCUT2D eigenvalue weighted by Crippen LogP contribution is 2.35. The van der Waals surface area contributed by atoms with Gasteiger partial charge in [0.2, 0.25) is 22.6 Å². The van der Waals surface area contributed by atoms with Crippen molar-refractivity contribution in [1.82, 2.24) is 29.9 Å². The van der Waals surface area contributed by atoms with Crippen molar-refractivity contribution < 1.29 is 9.13 Å². The van der Waals surface area contributed by atoms with Crippen molar-refractivity contribution in [3.05, 3.63) is 97.1 Å². The van der Waals surface area contributed by atoms with Gasteiger partial charge in [-0.05, 0) is 48.5 Å². The van der Waals surface area contributed by atoms with Crippen molar-refractivity contribution in [3.8, 4) is 45.6 Å². The Kier molecular flexibility index (Phi) is 4.58. The lowest BCUT2D eigenvalue weighted by atomic mass is 10.1. The lowest BCUT2D eigenvalue weighted by Crippen LogP contribution is -2.31. The molecule has 0 saturated heterocycles. The minimum absolute atomic E-state index is 0.755. The number of benzene rings is 4. The van der Waals surface area contributed by atoms with Gasteiger partial charge >= 0.3 is 0 Å². The molecule has 8 bridgehead atoms. The van der Waals surface area contributed by atoms with E-state index in [4.69, 9.17) is 19.9 Å². The smallest absolute Gasteiger partial charge is 0.273 e. The maximum absolute atomic E-state index is 5.22. The first-order valence-corrected chi connectivity index (χ1v) is 13.9. The summed E-state index contributed by atoms with van der Waals surface area (Å²) in [5.41, 5.74) is 7.13. The predicted molar refractivity (Wildman–Crippen MR) is 163 cm³/mol. The van der Waals surface area contributed by atoms with Gasteiger partial charge in [-0.25, -0.2) is 9.13 Å². The molecule has 0 fully saturated rings. The molecule has 2 N–H and O–H groups in total. The molecule has 0 aliphatic carbocycles. The number of fused-ring (bicyclic) bond motifs is 20. The number of nitrogens with zero attached hydrogens (tertiary/aromatic N) is 6. The van der Waals surface area contributed by atoms with E-state index in [9.17, 15) is 0 Å². The summed E-state index contributed by atoms with van der Waals surface area (Å²) in [7, 11) is 4.04. The molecule has 0 spiro atoms. The lowest BCUT2D eigenvalue weighted by Gasteiger charge is -1.91. The molecule has 8 heteroatoms. The fraction of sp³-hybridized carbons (Fsp3) is 0.0588. The second kappa shape index (κ2) is 8.37. The SMILES string of the molecule is C[n+]1c2nc3[nH]c(nc4[n+](C)c(nc5[nH]c(nc1-c1ccccc1-2)c1ccccc51)-c1ccccc1-4)c1ccccc31. The van der Waals surface area contributed by atoms with Crippen molar-refractivity contribution in [1.29, 1.82) is 0 Å². The van der Waals surface area contributed by atoms with Crippen molar-refractivity contribution in [2.45, 2.75) is 0 Å². The zero-order chi connectivity index (χ0) is 27.9. The van der Waals surface area contributed by atoms with E-state index in [1.165, 1.54) is 0 Å². The standard InChI is InChI=1S/C34H22N8/c1-41-31-23-15-7-8-16-24(23)32(41)38-28-20-12-4-6-14-22(20)30(36-28)40-34-26-18-10-9-17-25(26)33(42(34)2)39-29-21-13-5-3-11-19(21)27(35-29)37-31/h3-18H,1-2H3/p+2. The van der Waals surface area contributed by atoms with Crippen molar-refractivity contribution in [2.75, 3.05) is 0 Å². The third-order valence-corrected chi connectivity index (χ3v) is 8.31. The Morgan fingerprint density at radius 1 is 0.381 bits per heavy atom. The van der Waals surface area contributed by atoms with Gasteiger partial charge < -0.3 is 0 Å². The molecule has 2 aliphatic heterocycles. The van der Waals surface area contributed by atoms with Crippen LogP contribution in [0.5, 0.6) is 0 Å². The highest BCUT2D eigenvalue weighted by Gasteiger charge is 2.31. The normalized spacial score (nSPS) is 12.0. The molecule has 2 aliphatic rings. The summed E-state index contributed by atoms with van der Waals surface area (Å²) in [4.78, 5) is 28.0. The monoisotopic (exact) mass is 544 g/mol. The van der Waals surface area contributed by atoms with E-state index < -0.39 is 0 Å². The van der Waals surface area contributed by atoms with E-state index >= 15 is 0 Å². The molecule has 42 heavy (non-hydrogen) atoms. The Hall–Kier alpha value is -5.76. The molecule has 3 aromatic heterocycles. The van der Waals surface area contributed by atoms with Crippen LogP contribution in [0.4, 0.5) is 0 Å². The average Bonchev–Trinajstić information content (AvgIpc) is 3.71. The molecule has 7 aromatic rings. The number of hydrogen-bond donors (Lipinski definition) is 2. The van der Waals surface area contributed by atoms with Gasteiger partial charge in [-0.2, -0.15) is 0 Å². The minimum atomic E-state index is 0.755. The van der Waals surface area contributed by atoms with Crippen molar-refractivity contribution in [2.24, 2.45) is 14.1 Å². The molecule has 9 rings (SSSR count). The molecule has 0 unspecified atom stereocenters. The van der Waals surface area contributed by atoms with Crippen LogP contribution in [-0.4, -0.2) is 29.9 Å². The molecule has 0 radical (unpaired) electrons. The molecule has 8 nitrogen and oxygen atoms in total. The van der Waals surface area contributed by atoms with Crippen LogP contribution in [0.2, 0.25) is 0 Å². The number of nitrogens with one attached hydrogen (secondary N) is 2. The van der Waals surface area contributed by atoms with E-state index in [2.05, 4.69) is 67.6 Å². The average molecular weight is 545 g/mol. The second-order valence-corrected chi connectivity index (χ2v) is 10.7. The Morgan fingerprint density at radius 2 is 0.619 bits per heavy atom. The largest absolute Gasteiger partial charge is 0.296 e. The number of hydrogen-bond acceptors (Lipinski definition) is 4. The fourth-order valence-corrected chi connectivity index (χ4v) is 6.27. The van der Waals surface area contributed by atoms with Crippen LogP contribution in [-0.2, 0) is 14.1 Å². The maximum atomic E-state index is 5.22. The molecular formula is C34H24N8+2. The summed E-state index contributed by atoms with van der Waals surface area (Å²) in [5, 5.41) is 4.03. The van der Waals surface area contributed by atoms with E-state index in [0.717, 1.165) is 89.7 Å². The number of rotatable bonds is 0. The van der Waals surface area contributed by atoms with Gasteiger partial charge in [0.05, 0.1) is 36.3 Å². The van der Waals surface area contributed by atoms with Crippen LogP contribution >= 0.6 is 0 Å². The third kappa shape index (κ3) is 3.11. The number of aromatic amines is 2. The number of H-pyrrole nitrogens is 2. The highest BCUT2D eigenvalue weighted by atomic mass is 15.1. The molecular weight excluding hydrogens is 520 g/mol. The van der Waals surface area contributed by atoms with Crippen LogP contribution in [0, 0.1) is 0 Å². The molecule has 0 saturated carbocycles. The third-order valence-electron chi connectivity index (χ3n) is 8.31. The molecule has 198 valence electrons. The lowest BCUT2D eigenvalue weighted by molar-refractivity contribution is -0.650. The summed E-state index contributed by atoms with van der Waals surface area (Å²) in [5.74, 6) is 3.29. The van der Waals surface area contributed by atoms with Gasteiger partial charge in [0, 0.05) is 21.5 Å². The Bertz CT molecular complexity index is 2120. The molecule has 4 aromatic carbocycles. The van der Waals surface area contributed by atoms with Gasteiger partial charge in [-0.3, -0.25) is 9.97 Å². The number of aromatic nitrogens is 8. The van der Waals surface area contributed by atoms with Gasteiger partial charge in [-0.1, -0.05) is 68.5 Å². The Morgan fingerprint density at radius 3 is 0.881 bits per heavy atom. The zero-order valence-corrected chi connectivity index (χ0v) is 22.9. The first-order valence-electron chi connectivity index (χ1n) is 13.9. The van der Waals surface area contributed by atoms with Gasteiger partial charge in [0.25, 0.3) is 23.3 Å². The van der Waals surface area contributed by atoms with Gasteiger partial charge in [-0.15, -0.1) is 0 Å². The van der Waals surface area contributed by atoms with Gasteiger partial charge in [0.15, 0.2) is 0 Å². The van der Waals surface area contributed by atoms with E-state index in [1.807, 2.05) is 62.6 Å². The van der Waals surface area contributed by atoms with Gasteiger partial charge in [0.1, 0.15) is 0 Å². The van der Waals surface area contributed by atoms with Crippen LogP contribution in [0.25, 0.3) is 89.7 Å².